The lowest BCUT2D eigenvalue weighted by Gasteiger charge is -2.29. The van der Waals surface area contributed by atoms with E-state index in [0.717, 1.165) is 36.1 Å². The first kappa shape index (κ1) is 22.1. The Morgan fingerprint density at radius 1 is 1.25 bits per heavy atom. The van der Waals surface area contributed by atoms with Crippen LogP contribution in [0.2, 0.25) is 0 Å². The second-order valence-electron chi connectivity index (χ2n) is 6.84. The van der Waals surface area contributed by atoms with Crippen LogP contribution in [-0.2, 0) is 0 Å². The van der Waals surface area contributed by atoms with E-state index in [1.165, 1.54) is 0 Å². The van der Waals surface area contributed by atoms with Gasteiger partial charge in [-0.3, -0.25) is 9.78 Å². The number of amides is 1. The van der Waals surface area contributed by atoms with E-state index in [2.05, 4.69) is 32.9 Å². The maximum atomic E-state index is 12.7. The van der Waals surface area contributed by atoms with Crippen molar-refractivity contribution in [1.29, 1.82) is 0 Å². The normalized spacial score (nSPS) is 18.8. The first-order valence-corrected chi connectivity index (χ1v) is 8.93. The molecule has 2 aromatic heterocycles. The molecule has 28 heavy (non-hydrogen) atoms. The van der Waals surface area contributed by atoms with Crippen molar-refractivity contribution in [3.8, 4) is 5.69 Å². The van der Waals surface area contributed by atoms with Gasteiger partial charge in [0.1, 0.15) is 0 Å². The molecule has 0 saturated carbocycles. The lowest BCUT2D eigenvalue weighted by molar-refractivity contribution is 0.0908. The van der Waals surface area contributed by atoms with Gasteiger partial charge in [-0.05, 0) is 44.5 Å². The molecule has 1 fully saturated rings. The van der Waals surface area contributed by atoms with E-state index in [-0.39, 0.29) is 36.8 Å². The van der Waals surface area contributed by atoms with Gasteiger partial charge in [0.05, 0.1) is 16.9 Å². The van der Waals surface area contributed by atoms with Crippen LogP contribution in [0.5, 0.6) is 0 Å². The standard InChI is InChI=1S/C19H22N6O.2ClH/c1-12-11-20-10-8-15(12)22-19(26)17-13(2)25(24-23-17)16-7-3-5-14-6-4-9-21-18(14)16;;/h3-7,9,12,15,20H,8,10-11H2,1-2H3,(H,22,26);2*1H. The average Bonchev–Trinajstić information content (AvgIpc) is 3.04. The van der Waals surface area contributed by atoms with Gasteiger partial charge in [-0.1, -0.05) is 30.3 Å². The zero-order valence-electron chi connectivity index (χ0n) is 15.8. The molecule has 2 atom stereocenters. The minimum atomic E-state index is -0.166. The third kappa shape index (κ3) is 4.11. The topological polar surface area (TPSA) is 84.7 Å². The maximum Gasteiger partial charge on any atom is 0.273 e. The Labute approximate surface area is 176 Å². The molecule has 2 N–H and O–H groups in total. The number of nitrogens with zero attached hydrogens (tertiary/aromatic N) is 4. The third-order valence-electron chi connectivity index (χ3n) is 5.05. The molecule has 1 amide bonds. The molecule has 3 heterocycles. The SMILES string of the molecule is Cc1c(C(=O)NC2CCNCC2C)nnn1-c1cccc2cccnc12.Cl.Cl. The number of halogens is 2. The highest BCUT2D eigenvalue weighted by molar-refractivity contribution is 5.94. The summed E-state index contributed by atoms with van der Waals surface area (Å²) in [5.41, 5.74) is 2.73. The Balaban J connectivity index is 0.00000140. The summed E-state index contributed by atoms with van der Waals surface area (Å²) >= 11 is 0. The number of aromatic nitrogens is 4. The lowest BCUT2D eigenvalue weighted by Crippen LogP contribution is -2.48. The molecule has 4 rings (SSSR count). The van der Waals surface area contributed by atoms with Gasteiger partial charge in [-0.25, -0.2) is 4.68 Å². The van der Waals surface area contributed by atoms with Crippen molar-refractivity contribution in [1.82, 2.24) is 30.6 Å². The zero-order valence-corrected chi connectivity index (χ0v) is 17.4. The summed E-state index contributed by atoms with van der Waals surface area (Å²) in [5.74, 6) is 0.228. The van der Waals surface area contributed by atoms with Crippen LogP contribution >= 0.6 is 24.8 Å². The molecule has 1 aliphatic rings. The number of benzene rings is 1. The number of pyridine rings is 1. The number of carbonyl (C=O) groups excluding carboxylic acids is 1. The highest BCUT2D eigenvalue weighted by Crippen LogP contribution is 2.21. The molecule has 2 unspecified atom stereocenters. The number of nitrogens with one attached hydrogen (secondary N) is 2. The fourth-order valence-electron chi connectivity index (χ4n) is 3.49. The fourth-order valence-corrected chi connectivity index (χ4v) is 3.49. The first-order valence-electron chi connectivity index (χ1n) is 8.93. The summed E-state index contributed by atoms with van der Waals surface area (Å²) in [5, 5.41) is 15.9. The van der Waals surface area contributed by atoms with Crippen molar-refractivity contribution < 1.29 is 4.79 Å². The van der Waals surface area contributed by atoms with Crippen LogP contribution in [0, 0.1) is 12.8 Å². The Morgan fingerprint density at radius 3 is 2.82 bits per heavy atom. The van der Waals surface area contributed by atoms with Gasteiger partial charge in [-0.2, -0.15) is 0 Å². The third-order valence-corrected chi connectivity index (χ3v) is 5.05. The van der Waals surface area contributed by atoms with Crippen molar-refractivity contribution in [2.24, 2.45) is 5.92 Å². The summed E-state index contributed by atoms with van der Waals surface area (Å²) in [4.78, 5) is 17.2. The maximum absolute atomic E-state index is 12.7. The minimum Gasteiger partial charge on any atom is -0.347 e. The van der Waals surface area contributed by atoms with Crippen molar-refractivity contribution in [2.45, 2.75) is 26.3 Å². The van der Waals surface area contributed by atoms with E-state index in [0.29, 0.717) is 17.3 Å². The second kappa shape index (κ2) is 9.32. The van der Waals surface area contributed by atoms with E-state index >= 15 is 0 Å². The molecule has 1 aromatic carbocycles. The largest absolute Gasteiger partial charge is 0.347 e. The van der Waals surface area contributed by atoms with Gasteiger partial charge in [0, 0.05) is 17.6 Å². The fraction of sp³-hybridized carbons (Fsp3) is 0.368. The molecule has 3 aromatic rings. The van der Waals surface area contributed by atoms with E-state index in [4.69, 9.17) is 0 Å². The van der Waals surface area contributed by atoms with Crippen molar-refractivity contribution >= 4 is 41.6 Å². The van der Waals surface area contributed by atoms with Gasteiger partial charge in [0.25, 0.3) is 5.91 Å². The molecule has 0 radical (unpaired) electrons. The Kier molecular flexibility index (Phi) is 7.35. The van der Waals surface area contributed by atoms with Gasteiger partial charge in [0.15, 0.2) is 5.69 Å². The molecule has 0 bridgehead atoms. The van der Waals surface area contributed by atoms with Crippen LogP contribution in [0.25, 0.3) is 16.6 Å². The summed E-state index contributed by atoms with van der Waals surface area (Å²) < 4.78 is 1.69. The highest BCUT2D eigenvalue weighted by Gasteiger charge is 2.26. The molecule has 1 aliphatic heterocycles. The lowest BCUT2D eigenvalue weighted by atomic mass is 9.95. The second-order valence-corrected chi connectivity index (χ2v) is 6.84. The number of hydrogen-bond donors (Lipinski definition) is 2. The highest BCUT2D eigenvalue weighted by atomic mass is 35.5. The van der Waals surface area contributed by atoms with Crippen molar-refractivity contribution in [2.75, 3.05) is 13.1 Å². The van der Waals surface area contributed by atoms with Gasteiger partial charge in [0.2, 0.25) is 0 Å². The van der Waals surface area contributed by atoms with Crippen LogP contribution in [0.15, 0.2) is 36.5 Å². The van der Waals surface area contributed by atoms with Crippen LogP contribution in [0.1, 0.15) is 29.5 Å². The molecule has 0 aliphatic carbocycles. The molecular formula is C19H24Cl2N6O. The molecule has 9 heteroatoms. The Bertz CT molecular complexity index is 955. The first-order chi connectivity index (χ1) is 12.6. The molecule has 150 valence electrons. The quantitative estimate of drug-likeness (QED) is 0.677. The van der Waals surface area contributed by atoms with Crippen LogP contribution in [0.3, 0.4) is 0 Å². The number of rotatable bonds is 3. The minimum absolute atomic E-state index is 0. The van der Waals surface area contributed by atoms with E-state index < -0.39 is 0 Å². The predicted octanol–water partition coefficient (Wildman–Crippen LogP) is 2.70. The summed E-state index contributed by atoms with van der Waals surface area (Å²) in [6.45, 7) is 5.84. The van der Waals surface area contributed by atoms with Gasteiger partial charge >= 0.3 is 0 Å². The number of para-hydroxylation sites is 1. The van der Waals surface area contributed by atoms with Crippen molar-refractivity contribution in [3.63, 3.8) is 0 Å². The van der Waals surface area contributed by atoms with Gasteiger partial charge in [-0.15, -0.1) is 29.9 Å². The number of fused-ring (bicyclic) bond motifs is 1. The molecule has 7 nitrogen and oxygen atoms in total. The van der Waals surface area contributed by atoms with Crippen molar-refractivity contribution in [3.05, 3.63) is 47.9 Å². The summed E-state index contributed by atoms with van der Waals surface area (Å²) in [6.07, 6.45) is 2.68. The summed E-state index contributed by atoms with van der Waals surface area (Å²) in [7, 11) is 0. The summed E-state index contributed by atoms with van der Waals surface area (Å²) in [6, 6.07) is 9.96. The monoisotopic (exact) mass is 422 g/mol. The Morgan fingerprint density at radius 2 is 2.04 bits per heavy atom. The van der Waals surface area contributed by atoms with Crippen LogP contribution in [0.4, 0.5) is 0 Å². The molecule has 0 spiro atoms. The van der Waals surface area contributed by atoms with E-state index in [1.54, 1.807) is 10.9 Å². The van der Waals surface area contributed by atoms with Crippen LogP contribution in [-0.4, -0.2) is 45.0 Å². The average molecular weight is 423 g/mol. The van der Waals surface area contributed by atoms with Gasteiger partial charge < -0.3 is 10.6 Å². The molecule has 1 saturated heterocycles. The number of carbonyl (C=O) groups is 1. The number of piperidine rings is 1. The number of hydrogen-bond acceptors (Lipinski definition) is 5. The van der Waals surface area contributed by atoms with E-state index in [1.807, 2.05) is 37.3 Å². The zero-order chi connectivity index (χ0) is 18.1. The van der Waals surface area contributed by atoms with Crippen LogP contribution < -0.4 is 10.6 Å². The van der Waals surface area contributed by atoms with E-state index in [9.17, 15) is 4.79 Å². The Hall–Kier alpha value is -2.22. The molecular weight excluding hydrogens is 399 g/mol. The smallest absolute Gasteiger partial charge is 0.273 e. The predicted molar refractivity (Wildman–Crippen MR) is 114 cm³/mol.